The van der Waals surface area contributed by atoms with Crippen LogP contribution in [0.4, 0.5) is 0 Å². The van der Waals surface area contributed by atoms with Crippen molar-refractivity contribution in [2.45, 2.75) is 26.3 Å². The van der Waals surface area contributed by atoms with Gasteiger partial charge in [0, 0.05) is 28.3 Å². The van der Waals surface area contributed by atoms with Gasteiger partial charge in [-0.1, -0.05) is 28.1 Å². The summed E-state index contributed by atoms with van der Waals surface area (Å²) >= 11 is 4.53. The molecule has 142 valence electrons. The minimum Gasteiger partial charge on any atom is -0.457 e. The molecule has 0 atom stereocenters. The summed E-state index contributed by atoms with van der Waals surface area (Å²) in [5, 5.41) is 2.65. The molecule has 1 aromatic heterocycles. The zero-order valence-corrected chi connectivity index (χ0v) is 17.0. The van der Waals surface area contributed by atoms with Crippen molar-refractivity contribution in [3.05, 3.63) is 56.2 Å². The first-order valence-electron chi connectivity index (χ1n) is 8.16. The molecule has 27 heavy (non-hydrogen) atoms. The fourth-order valence-electron chi connectivity index (χ4n) is 2.12. The quantitative estimate of drug-likeness (QED) is 0.465. The fraction of sp³-hybridized carbons (Fsp3) is 0.263. The first-order chi connectivity index (χ1) is 12.8. The molecule has 0 radical (unpaired) electrons. The Hall–Kier alpha value is -2.32. The summed E-state index contributed by atoms with van der Waals surface area (Å²) in [6.45, 7) is 1.40. The minimum atomic E-state index is -0.594. The molecule has 1 heterocycles. The van der Waals surface area contributed by atoms with Crippen LogP contribution in [0.3, 0.4) is 0 Å². The number of hydrogen-bond donors (Lipinski definition) is 1. The van der Waals surface area contributed by atoms with E-state index in [4.69, 9.17) is 4.74 Å². The maximum absolute atomic E-state index is 12.1. The number of ether oxygens (including phenoxy) is 1. The largest absolute Gasteiger partial charge is 0.457 e. The molecule has 2 aromatic rings. The first-order valence-corrected chi connectivity index (χ1v) is 9.77. The van der Waals surface area contributed by atoms with Crippen LogP contribution in [-0.4, -0.2) is 30.0 Å². The standard InChI is InChI=1S/C19H18BrNO5S/c1-12(22)21-10-15-6-8-18(27-15)17(24)11-26-19(25)9-7-16(23)13-2-4-14(20)5-3-13/h2-6,8H,7,9-11H2,1H3,(H,21,22). The molecule has 0 bridgehead atoms. The molecule has 0 aliphatic carbocycles. The first kappa shape index (κ1) is 21.0. The molecule has 0 aliphatic heterocycles. The third-order valence-corrected chi connectivity index (χ3v) is 5.19. The van der Waals surface area contributed by atoms with Crippen LogP contribution in [0.25, 0.3) is 0 Å². The highest BCUT2D eigenvalue weighted by Crippen LogP contribution is 2.17. The average Bonchev–Trinajstić information content (AvgIpc) is 3.12. The van der Waals surface area contributed by atoms with Crippen LogP contribution in [0.2, 0.25) is 0 Å². The normalized spacial score (nSPS) is 10.3. The number of amides is 1. The molecule has 2 rings (SSSR count). The zero-order chi connectivity index (χ0) is 19.8. The van der Waals surface area contributed by atoms with Gasteiger partial charge in [0.25, 0.3) is 0 Å². The number of hydrogen-bond acceptors (Lipinski definition) is 6. The predicted octanol–water partition coefficient (Wildman–Crippen LogP) is 3.54. The van der Waals surface area contributed by atoms with Gasteiger partial charge in [0.1, 0.15) is 0 Å². The summed E-state index contributed by atoms with van der Waals surface area (Å²) in [4.78, 5) is 48.0. The second-order valence-electron chi connectivity index (χ2n) is 5.69. The van der Waals surface area contributed by atoms with Gasteiger partial charge < -0.3 is 10.1 Å². The topological polar surface area (TPSA) is 89.5 Å². The Morgan fingerprint density at radius 3 is 2.37 bits per heavy atom. The van der Waals surface area contributed by atoms with Gasteiger partial charge in [-0.25, -0.2) is 0 Å². The Labute approximate surface area is 169 Å². The highest BCUT2D eigenvalue weighted by Gasteiger charge is 2.14. The van der Waals surface area contributed by atoms with Crippen molar-refractivity contribution in [3.8, 4) is 0 Å². The minimum absolute atomic E-state index is 0.0223. The van der Waals surface area contributed by atoms with Crippen molar-refractivity contribution >= 4 is 50.7 Å². The van der Waals surface area contributed by atoms with Crippen LogP contribution in [0.1, 0.15) is 44.7 Å². The molecule has 0 fully saturated rings. The second-order valence-corrected chi connectivity index (χ2v) is 7.77. The number of ketones is 2. The van der Waals surface area contributed by atoms with E-state index in [9.17, 15) is 19.2 Å². The van der Waals surface area contributed by atoms with Crippen LogP contribution in [0.5, 0.6) is 0 Å². The van der Waals surface area contributed by atoms with E-state index in [1.807, 2.05) is 0 Å². The maximum atomic E-state index is 12.1. The smallest absolute Gasteiger partial charge is 0.306 e. The van der Waals surface area contributed by atoms with Crippen molar-refractivity contribution in [1.29, 1.82) is 0 Å². The number of nitrogens with one attached hydrogen (secondary N) is 1. The van der Waals surface area contributed by atoms with Gasteiger partial charge in [-0.05, 0) is 24.3 Å². The number of esters is 1. The number of benzene rings is 1. The van der Waals surface area contributed by atoms with Crippen LogP contribution in [0.15, 0.2) is 40.9 Å². The van der Waals surface area contributed by atoms with Crippen molar-refractivity contribution in [3.63, 3.8) is 0 Å². The van der Waals surface area contributed by atoms with Gasteiger partial charge in [-0.15, -0.1) is 11.3 Å². The number of thiophene rings is 1. The van der Waals surface area contributed by atoms with Crippen molar-refractivity contribution in [1.82, 2.24) is 5.32 Å². The summed E-state index contributed by atoms with van der Waals surface area (Å²) < 4.78 is 5.83. The number of carbonyl (C=O) groups is 4. The Balaban J connectivity index is 1.74. The molecule has 8 heteroatoms. The number of halogens is 1. The van der Waals surface area contributed by atoms with E-state index in [1.54, 1.807) is 36.4 Å². The van der Waals surface area contributed by atoms with Crippen LogP contribution in [-0.2, 0) is 20.9 Å². The van der Waals surface area contributed by atoms with Crippen molar-refractivity contribution < 1.29 is 23.9 Å². The predicted molar refractivity (Wildman–Crippen MR) is 105 cm³/mol. The molecule has 6 nitrogen and oxygen atoms in total. The Bertz CT molecular complexity index is 844. The maximum Gasteiger partial charge on any atom is 0.306 e. The molecule has 1 N–H and O–H groups in total. The third kappa shape index (κ3) is 7.07. The van der Waals surface area contributed by atoms with E-state index in [2.05, 4.69) is 21.2 Å². The number of Topliss-reactive ketones (excluding diaryl/α,β-unsaturated/α-hetero) is 2. The molecule has 0 unspecified atom stereocenters. The fourth-order valence-corrected chi connectivity index (χ4v) is 3.26. The van der Waals surface area contributed by atoms with E-state index in [-0.39, 0.29) is 36.9 Å². The zero-order valence-electron chi connectivity index (χ0n) is 14.6. The molecule has 0 spiro atoms. The lowest BCUT2D eigenvalue weighted by molar-refractivity contribution is -0.142. The Morgan fingerprint density at radius 1 is 1.00 bits per heavy atom. The van der Waals surface area contributed by atoms with Crippen LogP contribution < -0.4 is 5.32 Å². The second kappa shape index (κ2) is 10.1. The van der Waals surface area contributed by atoms with E-state index >= 15 is 0 Å². The monoisotopic (exact) mass is 451 g/mol. The summed E-state index contributed by atoms with van der Waals surface area (Å²) in [6, 6.07) is 10.2. The van der Waals surface area contributed by atoms with Gasteiger partial charge >= 0.3 is 5.97 Å². The molecule has 1 aromatic carbocycles. The summed E-state index contributed by atoms with van der Waals surface area (Å²) in [6.07, 6.45) is -0.0606. The Morgan fingerprint density at radius 2 is 1.70 bits per heavy atom. The highest BCUT2D eigenvalue weighted by molar-refractivity contribution is 9.10. The Kier molecular flexibility index (Phi) is 7.87. The van der Waals surface area contributed by atoms with Gasteiger partial charge in [0.15, 0.2) is 12.4 Å². The van der Waals surface area contributed by atoms with Crippen molar-refractivity contribution in [2.24, 2.45) is 0 Å². The SMILES string of the molecule is CC(=O)NCc1ccc(C(=O)COC(=O)CCC(=O)c2ccc(Br)cc2)s1. The summed E-state index contributed by atoms with van der Waals surface area (Å²) in [5.41, 5.74) is 0.521. The number of rotatable bonds is 9. The van der Waals surface area contributed by atoms with E-state index < -0.39 is 5.97 Å². The van der Waals surface area contributed by atoms with E-state index in [0.29, 0.717) is 17.0 Å². The molecule has 1 amide bonds. The van der Waals surface area contributed by atoms with Gasteiger partial charge in [0.05, 0.1) is 17.8 Å². The van der Waals surface area contributed by atoms with Crippen LogP contribution in [0, 0.1) is 0 Å². The van der Waals surface area contributed by atoms with Gasteiger partial charge in [-0.2, -0.15) is 0 Å². The molecular weight excluding hydrogens is 434 g/mol. The lowest BCUT2D eigenvalue weighted by Gasteiger charge is -2.04. The van der Waals surface area contributed by atoms with E-state index in [0.717, 1.165) is 9.35 Å². The average molecular weight is 452 g/mol. The van der Waals surface area contributed by atoms with Gasteiger partial charge in [-0.3, -0.25) is 19.2 Å². The molecular formula is C19H18BrNO5S. The number of carbonyl (C=O) groups excluding carboxylic acids is 4. The van der Waals surface area contributed by atoms with Crippen molar-refractivity contribution in [2.75, 3.05) is 6.61 Å². The summed E-state index contributed by atoms with van der Waals surface area (Å²) in [7, 11) is 0. The van der Waals surface area contributed by atoms with E-state index in [1.165, 1.54) is 18.3 Å². The third-order valence-electron chi connectivity index (χ3n) is 3.53. The van der Waals surface area contributed by atoms with Crippen LogP contribution >= 0.6 is 27.3 Å². The lowest BCUT2D eigenvalue weighted by Crippen LogP contribution is -2.18. The lowest BCUT2D eigenvalue weighted by atomic mass is 10.1. The molecule has 0 saturated heterocycles. The van der Waals surface area contributed by atoms with Gasteiger partial charge in [0.2, 0.25) is 11.7 Å². The summed E-state index contributed by atoms with van der Waals surface area (Å²) in [5.74, 6) is -1.22. The highest BCUT2D eigenvalue weighted by atomic mass is 79.9. The molecule has 0 aliphatic rings. The molecule has 0 saturated carbocycles.